The van der Waals surface area contributed by atoms with Gasteiger partial charge >= 0.3 is 0 Å². The van der Waals surface area contributed by atoms with Gasteiger partial charge in [-0.1, -0.05) is 12.1 Å². The van der Waals surface area contributed by atoms with Gasteiger partial charge in [0.2, 0.25) is 0 Å². The molecule has 1 atom stereocenters. The van der Waals surface area contributed by atoms with Crippen molar-refractivity contribution >= 4 is 16.7 Å². The first-order chi connectivity index (χ1) is 13.0. The molecule has 1 aromatic carbocycles. The molecule has 0 amide bonds. The second kappa shape index (κ2) is 7.01. The van der Waals surface area contributed by atoms with Crippen molar-refractivity contribution in [3.8, 4) is 0 Å². The van der Waals surface area contributed by atoms with Crippen molar-refractivity contribution in [1.82, 2.24) is 19.7 Å². The Morgan fingerprint density at radius 1 is 1.37 bits per heavy atom. The lowest BCUT2D eigenvalue weighted by molar-refractivity contribution is -0.385. The van der Waals surface area contributed by atoms with Crippen molar-refractivity contribution < 1.29 is 14.1 Å². The SMILES string of the molecule is Cc1nn(CN2CCO[C@H](c3ccc(F)cc3)C2)c2ncc([N+](=O)[O-])cc12. The van der Waals surface area contributed by atoms with E-state index in [-0.39, 0.29) is 17.6 Å². The molecule has 3 aromatic rings. The summed E-state index contributed by atoms with van der Waals surface area (Å²) < 4.78 is 20.7. The highest BCUT2D eigenvalue weighted by atomic mass is 19.1. The summed E-state index contributed by atoms with van der Waals surface area (Å²) in [7, 11) is 0. The average molecular weight is 371 g/mol. The summed E-state index contributed by atoms with van der Waals surface area (Å²) in [6, 6.07) is 7.83. The van der Waals surface area contributed by atoms with E-state index in [2.05, 4.69) is 15.0 Å². The topological polar surface area (TPSA) is 86.3 Å². The Labute approximate surface area is 154 Å². The lowest BCUT2D eigenvalue weighted by atomic mass is 10.1. The maximum atomic E-state index is 13.1. The Morgan fingerprint density at radius 2 is 2.15 bits per heavy atom. The summed E-state index contributed by atoms with van der Waals surface area (Å²) in [6.45, 7) is 4.23. The number of halogens is 1. The smallest absolute Gasteiger partial charge is 0.288 e. The molecule has 0 aliphatic carbocycles. The van der Waals surface area contributed by atoms with Gasteiger partial charge in [0.1, 0.15) is 12.0 Å². The molecule has 0 radical (unpaired) electrons. The van der Waals surface area contributed by atoms with Crippen molar-refractivity contribution in [1.29, 1.82) is 0 Å². The highest BCUT2D eigenvalue weighted by Gasteiger charge is 2.23. The number of rotatable bonds is 4. The fourth-order valence-corrected chi connectivity index (χ4v) is 3.30. The third-order valence-electron chi connectivity index (χ3n) is 4.69. The quantitative estimate of drug-likeness (QED) is 0.518. The summed E-state index contributed by atoms with van der Waals surface area (Å²) in [5.74, 6) is -0.273. The van der Waals surface area contributed by atoms with Gasteiger partial charge in [0, 0.05) is 24.5 Å². The van der Waals surface area contributed by atoms with E-state index in [0.29, 0.717) is 36.5 Å². The minimum absolute atomic E-state index is 0.0482. The van der Waals surface area contributed by atoms with Gasteiger partial charge in [-0.15, -0.1) is 0 Å². The van der Waals surface area contributed by atoms with Gasteiger partial charge in [-0.25, -0.2) is 14.1 Å². The zero-order valence-corrected chi connectivity index (χ0v) is 14.7. The van der Waals surface area contributed by atoms with Crippen molar-refractivity contribution in [2.24, 2.45) is 0 Å². The van der Waals surface area contributed by atoms with Gasteiger partial charge in [-0.2, -0.15) is 5.10 Å². The molecule has 4 rings (SSSR count). The van der Waals surface area contributed by atoms with Crippen molar-refractivity contribution in [2.75, 3.05) is 19.7 Å². The first-order valence-electron chi connectivity index (χ1n) is 8.58. The number of morpholine rings is 1. The molecule has 0 saturated carbocycles. The van der Waals surface area contributed by atoms with Gasteiger partial charge in [0.25, 0.3) is 5.69 Å². The molecule has 0 N–H and O–H groups in total. The summed E-state index contributed by atoms with van der Waals surface area (Å²) in [5, 5.41) is 16.1. The number of ether oxygens (including phenoxy) is 1. The fraction of sp³-hybridized carbons (Fsp3) is 0.333. The number of hydrogen-bond donors (Lipinski definition) is 0. The standard InChI is InChI=1S/C18H18FN5O3/c1-12-16-8-15(24(25)26)9-20-18(16)23(21-12)11-22-6-7-27-17(10-22)13-2-4-14(19)5-3-13/h2-5,8-9,17H,6-7,10-11H2,1H3/t17-/m0/s1. The van der Waals surface area contributed by atoms with Crippen LogP contribution < -0.4 is 0 Å². The van der Waals surface area contributed by atoms with E-state index in [1.807, 2.05) is 6.92 Å². The molecule has 1 aliphatic heterocycles. The van der Waals surface area contributed by atoms with Crippen LogP contribution in [0, 0.1) is 22.9 Å². The third-order valence-corrected chi connectivity index (χ3v) is 4.69. The minimum atomic E-state index is -0.460. The molecular weight excluding hydrogens is 353 g/mol. The Bertz CT molecular complexity index is 989. The highest BCUT2D eigenvalue weighted by Crippen LogP contribution is 2.25. The van der Waals surface area contributed by atoms with Crippen LogP contribution in [0.2, 0.25) is 0 Å². The number of nitrogens with zero attached hydrogens (tertiary/aromatic N) is 5. The summed E-state index contributed by atoms with van der Waals surface area (Å²) in [5.41, 5.74) is 2.19. The molecule has 2 aromatic heterocycles. The normalized spacial score (nSPS) is 18.1. The second-order valence-corrected chi connectivity index (χ2v) is 6.54. The van der Waals surface area contributed by atoms with Crippen molar-refractivity contribution in [3.05, 3.63) is 63.7 Å². The van der Waals surface area contributed by atoms with E-state index in [1.165, 1.54) is 24.4 Å². The molecule has 1 fully saturated rings. The van der Waals surface area contributed by atoms with Gasteiger partial charge in [0.05, 0.1) is 30.0 Å². The number of nitro groups is 1. The third kappa shape index (κ3) is 3.51. The molecule has 27 heavy (non-hydrogen) atoms. The van der Waals surface area contributed by atoms with Crippen molar-refractivity contribution in [3.63, 3.8) is 0 Å². The number of aromatic nitrogens is 3. The lowest BCUT2D eigenvalue weighted by Crippen LogP contribution is -2.39. The molecule has 1 aliphatic rings. The van der Waals surface area contributed by atoms with Crippen LogP contribution in [0.25, 0.3) is 11.0 Å². The van der Waals surface area contributed by atoms with E-state index in [4.69, 9.17) is 4.74 Å². The second-order valence-electron chi connectivity index (χ2n) is 6.54. The number of hydrogen-bond acceptors (Lipinski definition) is 6. The largest absolute Gasteiger partial charge is 0.371 e. The van der Waals surface area contributed by atoms with E-state index in [9.17, 15) is 14.5 Å². The van der Waals surface area contributed by atoms with E-state index >= 15 is 0 Å². The number of pyridine rings is 1. The van der Waals surface area contributed by atoms with Crippen LogP contribution in [0.1, 0.15) is 17.4 Å². The first kappa shape index (κ1) is 17.5. The predicted octanol–water partition coefficient (Wildman–Crippen LogP) is 2.82. The maximum absolute atomic E-state index is 13.1. The minimum Gasteiger partial charge on any atom is -0.371 e. The number of aryl methyl sites for hydroxylation is 1. The Kier molecular flexibility index (Phi) is 4.54. The first-order valence-corrected chi connectivity index (χ1v) is 8.58. The molecule has 0 spiro atoms. The molecule has 0 bridgehead atoms. The molecular formula is C18H18FN5O3. The van der Waals surface area contributed by atoms with Gasteiger partial charge in [0.15, 0.2) is 5.65 Å². The van der Waals surface area contributed by atoms with Gasteiger partial charge in [-0.05, 0) is 24.6 Å². The highest BCUT2D eigenvalue weighted by molar-refractivity contribution is 5.80. The van der Waals surface area contributed by atoms with Crippen LogP contribution in [0.3, 0.4) is 0 Å². The van der Waals surface area contributed by atoms with Crippen LogP contribution in [0.5, 0.6) is 0 Å². The zero-order chi connectivity index (χ0) is 19.0. The molecule has 140 valence electrons. The van der Waals surface area contributed by atoms with E-state index in [0.717, 1.165) is 12.1 Å². The Hall–Kier alpha value is -2.91. The monoisotopic (exact) mass is 371 g/mol. The van der Waals surface area contributed by atoms with Crippen LogP contribution >= 0.6 is 0 Å². The molecule has 1 saturated heterocycles. The Balaban J connectivity index is 1.55. The van der Waals surface area contributed by atoms with E-state index in [1.54, 1.807) is 16.8 Å². The van der Waals surface area contributed by atoms with Crippen LogP contribution in [0.4, 0.5) is 10.1 Å². The average Bonchev–Trinajstić information content (AvgIpc) is 2.97. The summed E-state index contributed by atoms with van der Waals surface area (Å²) >= 11 is 0. The van der Waals surface area contributed by atoms with Crippen molar-refractivity contribution in [2.45, 2.75) is 19.7 Å². The maximum Gasteiger partial charge on any atom is 0.288 e. The molecule has 0 unspecified atom stereocenters. The molecule has 8 nitrogen and oxygen atoms in total. The van der Waals surface area contributed by atoms with Gasteiger partial charge in [-0.3, -0.25) is 15.0 Å². The number of benzene rings is 1. The number of fused-ring (bicyclic) bond motifs is 1. The lowest BCUT2D eigenvalue weighted by Gasteiger charge is -2.33. The summed E-state index contributed by atoms with van der Waals surface area (Å²) in [4.78, 5) is 16.9. The molecule has 9 heteroatoms. The van der Waals surface area contributed by atoms with E-state index < -0.39 is 4.92 Å². The molecule has 3 heterocycles. The van der Waals surface area contributed by atoms with Crippen LogP contribution in [0.15, 0.2) is 36.5 Å². The Morgan fingerprint density at radius 3 is 2.89 bits per heavy atom. The van der Waals surface area contributed by atoms with Crippen LogP contribution in [-0.4, -0.2) is 44.3 Å². The van der Waals surface area contributed by atoms with Crippen LogP contribution in [-0.2, 0) is 11.4 Å². The summed E-state index contributed by atoms with van der Waals surface area (Å²) in [6.07, 6.45) is 1.11. The fourth-order valence-electron chi connectivity index (χ4n) is 3.30. The predicted molar refractivity (Wildman–Crippen MR) is 95.6 cm³/mol. The zero-order valence-electron chi connectivity index (χ0n) is 14.7. The van der Waals surface area contributed by atoms with Gasteiger partial charge < -0.3 is 4.74 Å².